The number of nitrogens with one attached hydrogen (secondary N) is 1. The summed E-state index contributed by atoms with van der Waals surface area (Å²) in [6.45, 7) is 4.83. The van der Waals surface area contributed by atoms with Crippen LogP contribution in [0.25, 0.3) is 10.8 Å². The summed E-state index contributed by atoms with van der Waals surface area (Å²) >= 11 is 0. The summed E-state index contributed by atoms with van der Waals surface area (Å²) < 4.78 is 6.74. The third-order valence-corrected chi connectivity index (χ3v) is 5.87. The maximum Gasteiger partial charge on any atom is 0.275 e. The molecule has 3 heterocycles. The van der Waals surface area contributed by atoms with E-state index >= 15 is 0 Å². The van der Waals surface area contributed by atoms with Gasteiger partial charge in [-0.05, 0) is 42.8 Å². The van der Waals surface area contributed by atoms with Crippen molar-refractivity contribution in [1.82, 2.24) is 25.0 Å². The number of carbonyl (C=O) groups is 1. The van der Waals surface area contributed by atoms with Gasteiger partial charge in [0.15, 0.2) is 0 Å². The van der Waals surface area contributed by atoms with Crippen LogP contribution in [-0.2, 0) is 24.3 Å². The van der Waals surface area contributed by atoms with E-state index in [9.17, 15) is 9.59 Å². The molecule has 182 valence electrons. The van der Waals surface area contributed by atoms with Crippen LogP contribution in [-0.4, -0.2) is 45.2 Å². The van der Waals surface area contributed by atoms with Crippen LogP contribution in [0.4, 0.5) is 0 Å². The number of hydrogen-bond donors (Lipinski definition) is 1. The minimum Gasteiger partial charge on any atom is -0.468 e. The van der Waals surface area contributed by atoms with Crippen molar-refractivity contribution in [2.45, 2.75) is 39.3 Å². The van der Waals surface area contributed by atoms with Crippen molar-refractivity contribution in [3.05, 3.63) is 94.6 Å². The molecule has 4 aromatic rings. The lowest BCUT2D eigenvalue weighted by molar-refractivity contribution is -0.121. The molecule has 1 amide bonds. The summed E-state index contributed by atoms with van der Waals surface area (Å²) in [6, 6.07) is 15.1. The Morgan fingerprint density at radius 1 is 1.09 bits per heavy atom. The Morgan fingerprint density at radius 2 is 1.94 bits per heavy atom. The predicted molar refractivity (Wildman–Crippen MR) is 135 cm³/mol. The maximum atomic E-state index is 13.0. The molecule has 0 spiro atoms. The maximum absolute atomic E-state index is 13.0. The zero-order valence-corrected chi connectivity index (χ0v) is 20.0. The fraction of sp³-hybridized carbons (Fsp3) is 0.333. The Labute approximate surface area is 204 Å². The predicted octanol–water partition coefficient (Wildman–Crippen LogP) is 3.39. The number of unbranched alkanes of at least 4 members (excludes halogenated alkanes) is 1. The molecule has 0 atom stereocenters. The monoisotopic (exact) mass is 473 g/mol. The molecule has 0 bridgehead atoms. The van der Waals surface area contributed by atoms with Crippen molar-refractivity contribution in [2.75, 3.05) is 19.6 Å². The zero-order chi connectivity index (χ0) is 24.5. The first kappa shape index (κ1) is 24.3. The van der Waals surface area contributed by atoms with Gasteiger partial charge in [0.05, 0.1) is 23.9 Å². The highest BCUT2D eigenvalue weighted by atomic mass is 16.3. The fourth-order valence-corrected chi connectivity index (χ4v) is 4.06. The largest absolute Gasteiger partial charge is 0.468 e. The Bertz CT molecular complexity index is 1290. The number of rotatable bonds is 12. The highest BCUT2D eigenvalue weighted by molar-refractivity contribution is 5.84. The molecule has 4 rings (SSSR count). The van der Waals surface area contributed by atoms with Gasteiger partial charge in [0, 0.05) is 37.3 Å². The number of benzene rings is 1. The van der Waals surface area contributed by atoms with Crippen LogP contribution < -0.4 is 10.9 Å². The minimum atomic E-state index is -0.270. The molecule has 0 radical (unpaired) electrons. The third-order valence-electron chi connectivity index (χ3n) is 5.87. The van der Waals surface area contributed by atoms with Crippen molar-refractivity contribution in [3.63, 3.8) is 0 Å². The van der Waals surface area contributed by atoms with Crippen LogP contribution in [0.5, 0.6) is 0 Å². The first-order valence-corrected chi connectivity index (χ1v) is 12.0. The molecule has 35 heavy (non-hydrogen) atoms. The second-order valence-electron chi connectivity index (χ2n) is 8.55. The number of pyridine rings is 1. The quantitative estimate of drug-likeness (QED) is 0.339. The van der Waals surface area contributed by atoms with E-state index < -0.39 is 0 Å². The van der Waals surface area contributed by atoms with Crippen LogP contribution in [0, 0.1) is 0 Å². The summed E-state index contributed by atoms with van der Waals surface area (Å²) in [5.41, 5.74) is 1.46. The van der Waals surface area contributed by atoms with Gasteiger partial charge < -0.3 is 9.73 Å². The smallest absolute Gasteiger partial charge is 0.275 e. The molecule has 0 saturated carbocycles. The van der Waals surface area contributed by atoms with E-state index in [4.69, 9.17) is 4.42 Å². The van der Waals surface area contributed by atoms with E-state index in [0.717, 1.165) is 41.8 Å². The molecule has 1 aromatic carbocycles. The molecule has 0 unspecified atom stereocenters. The van der Waals surface area contributed by atoms with Crippen molar-refractivity contribution in [3.8, 4) is 0 Å². The number of aromatic nitrogens is 3. The zero-order valence-electron chi connectivity index (χ0n) is 20.0. The number of carbonyl (C=O) groups excluding carboxylic acids is 1. The van der Waals surface area contributed by atoms with Gasteiger partial charge in [-0.15, -0.1) is 0 Å². The van der Waals surface area contributed by atoms with E-state index in [2.05, 4.69) is 27.2 Å². The van der Waals surface area contributed by atoms with Crippen molar-refractivity contribution in [1.29, 1.82) is 0 Å². The molecule has 8 nitrogen and oxygen atoms in total. The fourth-order valence-electron chi connectivity index (χ4n) is 4.06. The SMILES string of the molecule is CCCCN(CCNC(=O)Cn1nc(Cc2cccnc2)c2ccccc2c1=O)Cc1ccco1. The molecule has 1 N–H and O–H groups in total. The molecular formula is C27H31N5O3. The molecule has 8 heteroatoms. The summed E-state index contributed by atoms with van der Waals surface area (Å²) in [7, 11) is 0. The summed E-state index contributed by atoms with van der Waals surface area (Å²) in [5.74, 6) is 0.663. The van der Waals surface area contributed by atoms with Gasteiger partial charge in [0.1, 0.15) is 12.3 Å². The number of fused-ring (bicyclic) bond motifs is 1. The molecular weight excluding hydrogens is 442 g/mol. The van der Waals surface area contributed by atoms with Crippen molar-refractivity contribution >= 4 is 16.7 Å². The average molecular weight is 474 g/mol. The molecule has 0 aliphatic carbocycles. The van der Waals surface area contributed by atoms with Gasteiger partial charge in [0.2, 0.25) is 5.91 Å². The van der Waals surface area contributed by atoms with E-state index in [-0.39, 0.29) is 18.0 Å². The number of amides is 1. The van der Waals surface area contributed by atoms with Gasteiger partial charge in [-0.25, -0.2) is 4.68 Å². The molecule has 0 fully saturated rings. The van der Waals surface area contributed by atoms with Gasteiger partial charge in [-0.1, -0.05) is 37.6 Å². The van der Waals surface area contributed by atoms with Crippen molar-refractivity contribution < 1.29 is 9.21 Å². The van der Waals surface area contributed by atoms with E-state index in [1.165, 1.54) is 4.68 Å². The molecule has 3 aromatic heterocycles. The first-order chi connectivity index (χ1) is 17.1. The summed E-state index contributed by atoms with van der Waals surface area (Å²) in [4.78, 5) is 32.2. The second-order valence-corrected chi connectivity index (χ2v) is 8.55. The first-order valence-electron chi connectivity index (χ1n) is 12.0. The van der Waals surface area contributed by atoms with E-state index in [1.807, 2.05) is 42.5 Å². The lowest BCUT2D eigenvalue weighted by Gasteiger charge is -2.21. The summed E-state index contributed by atoms with van der Waals surface area (Å²) in [5, 5.41) is 8.85. The topological polar surface area (TPSA) is 93.3 Å². The van der Waals surface area contributed by atoms with Gasteiger partial charge in [-0.3, -0.25) is 19.5 Å². The Balaban J connectivity index is 1.43. The lowest BCUT2D eigenvalue weighted by Crippen LogP contribution is -2.38. The number of furan rings is 1. The Morgan fingerprint density at radius 3 is 2.69 bits per heavy atom. The van der Waals surface area contributed by atoms with E-state index in [1.54, 1.807) is 24.7 Å². The Hall–Kier alpha value is -3.78. The standard InChI is InChI=1S/C27H31N5O3/c1-2-3-14-31(19-22-9-7-16-35-22)15-13-29-26(33)20-32-27(34)24-11-5-4-10-23(24)25(30-32)17-21-8-6-12-28-18-21/h4-12,16,18H,2-3,13-15,17,19-20H2,1H3,(H,29,33). The molecule has 0 aliphatic heterocycles. The van der Waals surface area contributed by atoms with Crippen LogP contribution in [0.2, 0.25) is 0 Å². The summed E-state index contributed by atoms with van der Waals surface area (Å²) in [6.07, 6.45) is 7.87. The number of hydrogen-bond acceptors (Lipinski definition) is 6. The van der Waals surface area contributed by atoms with Gasteiger partial charge in [0.25, 0.3) is 5.56 Å². The highest BCUT2D eigenvalue weighted by Gasteiger charge is 2.14. The van der Waals surface area contributed by atoms with Crippen LogP contribution >= 0.6 is 0 Å². The molecule has 0 saturated heterocycles. The van der Waals surface area contributed by atoms with Crippen LogP contribution in [0.3, 0.4) is 0 Å². The third kappa shape index (κ3) is 6.64. The van der Waals surface area contributed by atoms with Gasteiger partial charge >= 0.3 is 0 Å². The van der Waals surface area contributed by atoms with Gasteiger partial charge in [-0.2, -0.15) is 5.10 Å². The average Bonchev–Trinajstić information content (AvgIpc) is 3.39. The minimum absolute atomic E-state index is 0.128. The highest BCUT2D eigenvalue weighted by Crippen LogP contribution is 2.16. The lowest BCUT2D eigenvalue weighted by atomic mass is 10.1. The van der Waals surface area contributed by atoms with Crippen LogP contribution in [0.15, 0.2) is 76.4 Å². The molecule has 0 aliphatic rings. The Kier molecular flexibility index (Phi) is 8.40. The van der Waals surface area contributed by atoms with Crippen molar-refractivity contribution in [2.24, 2.45) is 0 Å². The van der Waals surface area contributed by atoms with Crippen LogP contribution in [0.1, 0.15) is 36.8 Å². The second kappa shape index (κ2) is 12.1. The normalized spacial score (nSPS) is 11.3. The number of nitrogens with zero attached hydrogens (tertiary/aromatic N) is 4. The van der Waals surface area contributed by atoms with E-state index in [0.29, 0.717) is 31.4 Å².